The number of ether oxygens (including phenoxy) is 2. The van der Waals surface area contributed by atoms with Crippen LogP contribution < -0.4 is 0 Å². The van der Waals surface area contributed by atoms with Gasteiger partial charge in [-0.2, -0.15) is 5.06 Å². The second kappa shape index (κ2) is 7.91. The first-order chi connectivity index (χ1) is 17.1. The van der Waals surface area contributed by atoms with Crippen LogP contribution in [0, 0.1) is 0 Å². The van der Waals surface area contributed by atoms with E-state index in [4.69, 9.17) is 19.1 Å². The Morgan fingerprint density at radius 2 is 1.77 bits per heavy atom. The van der Waals surface area contributed by atoms with E-state index in [0.29, 0.717) is 0 Å². The summed E-state index contributed by atoms with van der Waals surface area (Å²) >= 11 is 0. The molecule has 8 heteroatoms. The summed E-state index contributed by atoms with van der Waals surface area (Å²) < 4.78 is 11.4. The lowest BCUT2D eigenvalue weighted by Crippen LogP contribution is -2.63. The van der Waals surface area contributed by atoms with E-state index in [1.54, 1.807) is 12.2 Å². The highest BCUT2D eigenvalue weighted by molar-refractivity contribution is 5.88. The monoisotopic (exact) mass is 478 g/mol. The molecule has 35 heavy (non-hydrogen) atoms. The van der Waals surface area contributed by atoms with Gasteiger partial charge in [-0.15, -0.1) is 0 Å². The second-order valence-corrected chi connectivity index (χ2v) is 10.6. The molecule has 184 valence electrons. The highest BCUT2D eigenvalue weighted by Gasteiger charge is 2.57. The van der Waals surface area contributed by atoms with Gasteiger partial charge in [-0.05, 0) is 31.3 Å². The van der Waals surface area contributed by atoms with Crippen LogP contribution in [0.3, 0.4) is 0 Å². The van der Waals surface area contributed by atoms with Crippen molar-refractivity contribution in [1.29, 1.82) is 0 Å². The van der Waals surface area contributed by atoms with Crippen molar-refractivity contribution in [2.45, 2.75) is 86.9 Å². The molecule has 0 aromatic rings. The van der Waals surface area contributed by atoms with Gasteiger partial charge >= 0.3 is 11.9 Å². The van der Waals surface area contributed by atoms with E-state index in [1.165, 1.54) is 6.42 Å². The number of nitrogens with zero attached hydrogens (tertiary/aromatic N) is 2. The first-order valence-corrected chi connectivity index (χ1v) is 12.8. The molecular weight excluding hydrogens is 448 g/mol. The second-order valence-electron chi connectivity index (χ2n) is 10.6. The summed E-state index contributed by atoms with van der Waals surface area (Å²) in [6, 6.07) is 0.310. The van der Waals surface area contributed by atoms with Gasteiger partial charge in [0.25, 0.3) is 0 Å². The molecule has 2 aliphatic carbocycles. The molecule has 4 bridgehead atoms. The highest BCUT2D eigenvalue weighted by Crippen LogP contribution is 2.49. The molecule has 0 aromatic heterocycles. The summed E-state index contributed by atoms with van der Waals surface area (Å²) in [7, 11) is 0. The van der Waals surface area contributed by atoms with Crippen molar-refractivity contribution >= 4 is 11.9 Å². The zero-order valence-electron chi connectivity index (χ0n) is 19.6. The molecule has 6 atom stereocenters. The highest BCUT2D eigenvalue weighted by atomic mass is 16.7. The summed E-state index contributed by atoms with van der Waals surface area (Å²) in [5.74, 6) is -0.395. The van der Waals surface area contributed by atoms with Crippen LogP contribution in [0.2, 0.25) is 0 Å². The molecule has 8 rings (SSSR count). The SMILES string of the molecule is O=C1C=C2C=CC3CC2(O1)C1CCCCN1O3.O=C1C=C2CC3C=CCC2(O1)C1CCC=CN1O3. The molecule has 8 nitrogen and oxygen atoms in total. The number of carbonyl (C=O) groups is 2. The topological polar surface area (TPSA) is 77.5 Å². The third-order valence-electron chi connectivity index (χ3n) is 8.58. The molecule has 0 radical (unpaired) electrons. The molecular formula is C27H30N2O6. The molecule has 0 amide bonds. The quantitative estimate of drug-likeness (QED) is 0.388. The van der Waals surface area contributed by atoms with E-state index in [-0.39, 0.29) is 36.2 Å². The molecule has 8 aliphatic rings. The molecule has 0 aromatic carbocycles. The minimum atomic E-state index is -0.496. The Labute approximate surface area is 204 Å². The average molecular weight is 479 g/mol. The van der Waals surface area contributed by atoms with Gasteiger partial charge in [-0.3, -0.25) is 14.7 Å². The number of esters is 2. The number of allylic oxidation sites excluding steroid dienone is 1. The van der Waals surface area contributed by atoms with Gasteiger partial charge in [0.2, 0.25) is 0 Å². The summed E-state index contributed by atoms with van der Waals surface area (Å²) in [4.78, 5) is 35.2. The van der Waals surface area contributed by atoms with E-state index < -0.39 is 11.2 Å². The van der Waals surface area contributed by atoms with Gasteiger partial charge in [0.1, 0.15) is 18.2 Å². The Balaban J connectivity index is 0.000000120. The van der Waals surface area contributed by atoms with Crippen molar-refractivity contribution in [2.75, 3.05) is 6.54 Å². The number of hydrogen-bond acceptors (Lipinski definition) is 8. The maximum atomic E-state index is 11.7. The molecule has 6 aliphatic heterocycles. The molecule has 0 N–H and O–H groups in total. The molecule has 3 saturated heterocycles. The Kier molecular flexibility index (Phi) is 4.88. The third-order valence-corrected chi connectivity index (χ3v) is 8.58. The molecule has 1 spiro atoms. The van der Waals surface area contributed by atoms with Crippen LogP contribution in [0.5, 0.6) is 0 Å². The van der Waals surface area contributed by atoms with Crippen molar-refractivity contribution in [2.24, 2.45) is 0 Å². The van der Waals surface area contributed by atoms with E-state index in [2.05, 4.69) is 18.2 Å². The maximum Gasteiger partial charge on any atom is 0.332 e. The Morgan fingerprint density at radius 1 is 0.886 bits per heavy atom. The number of piperidine rings is 1. The summed E-state index contributed by atoms with van der Waals surface area (Å²) in [6.07, 6.45) is 23.4. The van der Waals surface area contributed by atoms with Crippen LogP contribution in [0.4, 0.5) is 0 Å². The van der Waals surface area contributed by atoms with Crippen molar-refractivity contribution in [3.8, 4) is 0 Å². The number of hydrogen-bond donors (Lipinski definition) is 0. The Hall–Kier alpha value is -2.68. The van der Waals surface area contributed by atoms with Crippen LogP contribution in [0.1, 0.15) is 51.4 Å². The summed E-state index contributed by atoms with van der Waals surface area (Å²) in [5, 5.41) is 3.95. The number of hydroxylamine groups is 4. The van der Waals surface area contributed by atoms with Gasteiger partial charge in [0.05, 0.1) is 6.04 Å². The molecule has 6 unspecified atom stereocenters. The van der Waals surface area contributed by atoms with E-state index in [9.17, 15) is 9.59 Å². The van der Waals surface area contributed by atoms with E-state index >= 15 is 0 Å². The maximum absolute atomic E-state index is 11.7. The first-order valence-electron chi connectivity index (χ1n) is 12.8. The normalized spacial score (nSPS) is 42.2. The van der Waals surface area contributed by atoms with Crippen LogP contribution in [-0.2, 0) is 28.7 Å². The zero-order chi connectivity index (χ0) is 23.6. The Morgan fingerprint density at radius 3 is 2.71 bits per heavy atom. The molecule has 3 fully saturated rings. The predicted octanol–water partition coefficient (Wildman–Crippen LogP) is 3.19. The minimum Gasteiger partial charge on any atom is -0.449 e. The van der Waals surface area contributed by atoms with Gasteiger partial charge in [-0.25, -0.2) is 9.59 Å². The first kappa shape index (κ1) is 21.6. The van der Waals surface area contributed by atoms with Crippen LogP contribution in [0.25, 0.3) is 0 Å². The average Bonchev–Trinajstić information content (AvgIpc) is 3.24. The molecule has 6 heterocycles. The van der Waals surface area contributed by atoms with Gasteiger partial charge in [0.15, 0.2) is 11.2 Å². The predicted molar refractivity (Wildman–Crippen MR) is 124 cm³/mol. The Bertz CT molecular complexity index is 1110. The smallest absolute Gasteiger partial charge is 0.332 e. The van der Waals surface area contributed by atoms with Crippen molar-refractivity contribution in [3.63, 3.8) is 0 Å². The van der Waals surface area contributed by atoms with Gasteiger partial charge in [-0.1, -0.05) is 36.8 Å². The number of fused-ring (bicyclic) bond motifs is 4. The van der Waals surface area contributed by atoms with Crippen molar-refractivity contribution in [1.82, 2.24) is 10.1 Å². The fourth-order valence-electron chi connectivity index (χ4n) is 7.06. The van der Waals surface area contributed by atoms with E-state index in [1.807, 2.05) is 28.5 Å². The summed E-state index contributed by atoms with van der Waals surface area (Å²) in [6.45, 7) is 0.946. The largest absolute Gasteiger partial charge is 0.449 e. The van der Waals surface area contributed by atoms with Crippen molar-refractivity contribution in [3.05, 3.63) is 59.9 Å². The number of carbonyl (C=O) groups excluding carboxylic acids is 2. The van der Waals surface area contributed by atoms with E-state index in [0.717, 1.165) is 62.6 Å². The summed E-state index contributed by atoms with van der Waals surface area (Å²) in [5.41, 5.74) is 1.22. The third kappa shape index (κ3) is 3.30. The number of rotatable bonds is 0. The van der Waals surface area contributed by atoms with Gasteiger partial charge < -0.3 is 9.47 Å². The van der Waals surface area contributed by atoms with Crippen LogP contribution >= 0.6 is 0 Å². The lowest BCUT2D eigenvalue weighted by Gasteiger charge is -2.52. The molecule has 0 saturated carbocycles. The fraction of sp³-hybridized carbons (Fsp3) is 0.556. The standard InChI is InChI=1S/C14H15NO3.C13H15NO3/c16-13-9-10-8-11-4-3-6-14(10,17-13)12-5-1-2-7-15(12)18-11;15-12-7-9-4-5-10-8-13(9,16-12)11-3-1-2-6-14(11)17-10/h2-4,7,9,11-12H,1,5-6,8H2;4-5,7,10-11H,1-3,6,8H2. The fourth-order valence-corrected chi connectivity index (χ4v) is 7.06. The minimum absolute atomic E-state index is 0.0142. The lowest BCUT2D eigenvalue weighted by molar-refractivity contribution is -0.291. The van der Waals surface area contributed by atoms with Crippen LogP contribution in [-0.4, -0.2) is 64.1 Å². The van der Waals surface area contributed by atoms with Gasteiger partial charge in [0, 0.05) is 49.7 Å². The lowest BCUT2D eigenvalue weighted by atomic mass is 9.74. The zero-order valence-corrected chi connectivity index (χ0v) is 19.6. The van der Waals surface area contributed by atoms with Crippen LogP contribution in [0.15, 0.2) is 59.9 Å². The van der Waals surface area contributed by atoms with Crippen molar-refractivity contribution < 1.29 is 28.7 Å².